The lowest BCUT2D eigenvalue weighted by atomic mass is 9.92. The van der Waals surface area contributed by atoms with E-state index in [1.807, 2.05) is 33.1 Å². The molecule has 1 N–H and O–H groups in total. The largest absolute Gasteiger partial charge is 0.491 e. The van der Waals surface area contributed by atoms with E-state index < -0.39 is 0 Å². The number of anilines is 1. The van der Waals surface area contributed by atoms with Gasteiger partial charge in [0.2, 0.25) is 0 Å². The molecule has 0 heterocycles. The molecule has 2 atom stereocenters. The topological polar surface area (TPSA) is 30.5 Å². The number of methoxy groups -OCH3 is 1. The molecule has 0 radical (unpaired) electrons. The SMILES string of the molecule is COC1CCCCC1Nc1ccc(OC(C)C)cc1. The van der Waals surface area contributed by atoms with Crippen LogP contribution in [0, 0.1) is 0 Å². The Hall–Kier alpha value is -1.22. The van der Waals surface area contributed by atoms with E-state index in [0.29, 0.717) is 12.1 Å². The van der Waals surface area contributed by atoms with E-state index in [-0.39, 0.29) is 6.10 Å². The molecule has 2 unspecified atom stereocenters. The third-order valence-corrected chi connectivity index (χ3v) is 3.58. The van der Waals surface area contributed by atoms with E-state index in [4.69, 9.17) is 9.47 Å². The van der Waals surface area contributed by atoms with Gasteiger partial charge in [0.25, 0.3) is 0 Å². The molecular formula is C16H25NO2. The molecule has 0 amide bonds. The van der Waals surface area contributed by atoms with Crippen LogP contribution in [0.25, 0.3) is 0 Å². The number of hydrogen-bond acceptors (Lipinski definition) is 3. The Kier molecular flexibility index (Phi) is 5.08. The van der Waals surface area contributed by atoms with Crippen LogP contribution in [0.5, 0.6) is 5.75 Å². The molecule has 0 spiro atoms. The van der Waals surface area contributed by atoms with Crippen molar-refractivity contribution in [2.24, 2.45) is 0 Å². The summed E-state index contributed by atoms with van der Waals surface area (Å²) in [5.41, 5.74) is 1.14. The zero-order valence-corrected chi connectivity index (χ0v) is 12.2. The van der Waals surface area contributed by atoms with Gasteiger partial charge in [-0.25, -0.2) is 0 Å². The number of nitrogens with one attached hydrogen (secondary N) is 1. The van der Waals surface area contributed by atoms with E-state index in [2.05, 4.69) is 17.4 Å². The fourth-order valence-corrected chi connectivity index (χ4v) is 2.66. The van der Waals surface area contributed by atoms with E-state index in [9.17, 15) is 0 Å². The van der Waals surface area contributed by atoms with Crippen LogP contribution < -0.4 is 10.1 Å². The Labute approximate surface area is 116 Å². The molecule has 1 saturated carbocycles. The summed E-state index contributed by atoms with van der Waals surface area (Å²) in [4.78, 5) is 0. The average Bonchev–Trinajstić information content (AvgIpc) is 2.41. The number of benzene rings is 1. The summed E-state index contributed by atoms with van der Waals surface area (Å²) < 4.78 is 11.2. The van der Waals surface area contributed by atoms with Crippen LogP contribution in [0.1, 0.15) is 39.5 Å². The first-order chi connectivity index (χ1) is 9.19. The van der Waals surface area contributed by atoms with Crippen molar-refractivity contribution >= 4 is 5.69 Å². The molecule has 0 bridgehead atoms. The van der Waals surface area contributed by atoms with Gasteiger partial charge in [-0.05, 0) is 51.0 Å². The maximum atomic E-state index is 5.65. The minimum Gasteiger partial charge on any atom is -0.491 e. The lowest BCUT2D eigenvalue weighted by Crippen LogP contribution is -2.37. The summed E-state index contributed by atoms with van der Waals surface area (Å²) in [5, 5.41) is 3.58. The van der Waals surface area contributed by atoms with Gasteiger partial charge in [-0.1, -0.05) is 12.8 Å². The van der Waals surface area contributed by atoms with Crippen molar-refractivity contribution in [2.75, 3.05) is 12.4 Å². The van der Waals surface area contributed by atoms with E-state index in [1.165, 1.54) is 19.3 Å². The lowest BCUT2D eigenvalue weighted by Gasteiger charge is -2.31. The van der Waals surface area contributed by atoms with Gasteiger partial charge in [0.1, 0.15) is 5.75 Å². The molecule has 106 valence electrons. The van der Waals surface area contributed by atoms with Gasteiger partial charge in [-0.15, -0.1) is 0 Å². The van der Waals surface area contributed by atoms with Crippen molar-refractivity contribution in [1.29, 1.82) is 0 Å². The van der Waals surface area contributed by atoms with Gasteiger partial charge < -0.3 is 14.8 Å². The average molecular weight is 263 g/mol. The molecule has 1 aliphatic carbocycles. The Morgan fingerprint density at radius 1 is 1.11 bits per heavy atom. The van der Waals surface area contributed by atoms with Crippen molar-refractivity contribution in [3.05, 3.63) is 24.3 Å². The molecular weight excluding hydrogens is 238 g/mol. The Morgan fingerprint density at radius 3 is 2.42 bits per heavy atom. The normalized spacial score (nSPS) is 23.4. The molecule has 1 aromatic carbocycles. The highest BCUT2D eigenvalue weighted by molar-refractivity contribution is 5.47. The highest BCUT2D eigenvalue weighted by Crippen LogP contribution is 2.25. The number of ether oxygens (including phenoxy) is 2. The smallest absolute Gasteiger partial charge is 0.119 e. The second-order valence-electron chi connectivity index (χ2n) is 5.50. The zero-order chi connectivity index (χ0) is 13.7. The molecule has 1 aliphatic rings. The summed E-state index contributed by atoms with van der Waals surface area (Å²) >= 11 is 0. The first-order valence-electron chi connectivity index (χ1n) is 7.25. The summed E-state index contributed by atoms with van der Waals surface area (Å²) in [6.45, 7) is 4.08. The molecule has 3 heteroatoms. The zero-order valence-electron chi connectivity index (χ0n) is 12.2. The number of rotatable bonds is 5. The third kappa shape index (κ3) is 4.13. The lowest BCUT2D eigenvalue weighted by molar-refractivity contribution is 0.0606. The van der Waals surface area contributed by atoms with Crippen LogP contribution in [0.4, 0.5) is 5.69 Å². The minimum absolute atomic E-state index is 0.218. The predicted molar refractivity (Wildman–Crippen MR) is 78.9 cm³/mol. The van der Waals surface area contributed by atoms with Crippen LogP contribution in [0.2, 0.25) is 0 Å². The van der Waals surface area contributed by atoms with Crippen LogP contribution in [-0.2, 0) is 4.74 Å². The van der Waals surface area contributed by atoms with Gasteiger partial charge in [-0.2, -0.15) is 0 Å². The van der Waals surface area contributed by atoms with E-state index >= 15 is 0 Å². The molecule has 1 fully saturated rings. The maximum absolute atomic E-state index is 5.65. The van der Waals surface area contributed by atoms with Gasteiger partial charge >= 0.3 is 0 Å². The predicted octanol–water partition coefficient (Wildman–Crippen LogP) is 3.84. The third-order valence-electron chi connectivity index (χ3n) is 3.58. The second kappa shape index (κ2) is 6.80. The van der Waals surface area contributed by atoms with Crippen LogP contribution in [0.15, 0.2) is 24.3 Å². The molecule has 2 rings (SSSR count). The standard InChI is InChI=1S/C16H25NO2/c1-12(2)19-14-10-8-13(9-11-14)17-15-6-4-5-7-16(15)18-3/h8-12,15-17H,4-7H2,1-3H3. The Bertz CT molecular complexity index is 375. The molecule has 19 heavy (non-hydrogen) atoms. The molecule has 3 nitrogen and oxygen atoms in total. The first kappa shape index (κ1) is 14.2. The molecule has 0 saturated heterocycles. The van der Waals surface area contributed by atoms with Gasteiger partial charge in [0.15, 0.2) is 0 Å². The van der Waals surface area contributed by atoms with Crippen LogP contribution in [-0.4, -0.2) is 25.4 Å². The maximum Gasteiger partial charge on any atom is 0.119 e. The summed E-state index contributed by atoms with van der Waals surface area (Å²) in [6.07, 6.45) is 5.45. The summed E-state index contributed by atoms with van der Waals surface area (Å²) in [7, 11) is 1.81. The van der Waals surface area contributed by atoms with Crippen LogP contribution in [0.3, 0.4) is 0 Å². The Balaban J connectivity index is 1.94. The van der Waals surface area contributed by atoms with Crippen molar-refractivity contribution in [3.63, 3.8) is 0 Å². The fourth-order valence-electron chi connectivity index (χ4n) is 2.66. The van der Waals surface area contributed by atoms with Crippen molar-refractivity contribution in [2.45, 2.75) is 57.8 Å². The van der Waals surface area contributed by atoms with E-state index in [1.54, 1.807) is 0 Å². The van der Waals surface area contributed by atoms with E-state index in [0.717, 1.165) is 17.9 Å². The van der Waals surface area contributed by atoms with Crippen LogP contribution >= 0.6 is 0 Å². The number of hydrogen-bond donors (Lipinski definition) is 1. The fraction of sp³-hybridized carbons (Fsp3) is 0.625. The first-order valence-corrected chi connectivity index (χ1v) is 7.25. The Morgan fingerprint density at radius 2 is 1.79 bits per heavy atom. The highest BCUT2D eigenvalue weighted by Gasteiger charge is 2.24. The van der Waals surface area contributed by atoms with Gasteiger partial charge in [-0.3, -0.25) is 0 Å². The van der Waals surface area contributed by atoms with Crippen molar-refractivity contribution < 1.29 is 9.47 Å². The highest BCUT2D eigenvalue weighted by atomic mass is 16.5. The monoisotopic (exact) mass is 263 g/mol. The van der Waals surface area contributed by atoms with Gasteiger partial charge in [0.05, 0.1) is 18.2 Å². The summed E-state index contributed by atoms with van der Waals surface area (Å²) in [5.74, 6) is 0.924. The summed E-state index contributed by atoms with van der Waals surface area (Å²) in [6, 6.07) is 8.63. The van der Waals surface area contributed by atoms with Crippen molar-refractivity contribution in [1.82, 2.24) is 0 Å². The molecule has 0 aromatic heterocycles. The molecule has 0 aliphatic heterocycles. The minimum atomic E-state index is 0.218. The molecule has 1 aromatic rings. The van der Waals surface area contributed by atoms with Crippen molar-refractivity contribution in [3.8, 4) is 5.75 Å². The van der Waals surface area contributed by atoms with Gasteiger partial charge in [0, 0.05) is 12.8 Å². The second-order valence-corrected chi connectivity index (χ2v) is 5.50. The quantitative estimate of drug-likeness (QED) is 0.875.